The molecule has 0 unspecified atom stereocenters. The highest BCUT2D eigenvalue weighted by Gasteiger charge is 2.14. The average Bonchev–Trinajstić information content (AvgIpc) is 2.98. The Morgan fingerprint density at radius 2 is 1.60 bits per heavy atom. The number of benzene rings is 2. The number of nitrogens with zero attached hydrogens (tertiary/aromatic N) is 1. The van der Waals surface area contributed by atoms with Gasteiger partial charge in [-0.1, -0.05) is 0 Å². The first kappa shape index (κ1) is 20.7. The third-order valence-corrected chi connectivity index (χ3v) is 4.01. The largest absolute Gasteiger partial charge is 0.490 e. The van der Waals surface area contributed by atoms with Crippen molar-refractivity contribution in [1.82, 2.24) is 0 Å². The molecule has 0 bridgehead atoms. The van der Waals surface area contributed by atoms with E-state index in [1.165, 1.54) is 24.3 Å². The van der Waals surface area contributed by atoms with Crippen LogP contribution in [0.5, 0.6) is 11.5 Å². The summed E-state index contributed by atoms with van der Waals surface area (Å²) in [6.45, 7) is 0.638. The zero-order chi connectivity index (χ0) is 21.3. The van der Waals surface area contributed by atoms with Crippen LogP contribution in [-0.2, 0) is 14.3 Å². The van der Waals surface area contributed by atoms with Crippen molar-refractivity contribution in [3.63, 3.8) is 0 Å². The first-order chi connectivity index (χ1) is 14.5. The Bertz CT molecular complexity index is 981. The van der Waals surface area contributed by atoms with Crippen LogP contribution in [0.3, 0.4) is 0 Å². The highest BCUT2D eigenvalue weighted by atomic mass is 16.5. The van der Waals surface area contributed by atoms with Gasteiger partial charge in [0.2, 0.25) is 5.91 Å². The number of fused-ring (bicyclic) bond motifs is 1. The number of rotatable bonds is 6. The maximum atomic E-state index is 12.1. The molecule has 2 N–H and O–H groups in total. The van der Waals surface area contributed by atoms with Crippen LogP contribution < -0.4 is 20.1 Å². The molecule has 2 aromatic rings. The minimum absolute atomic E-state index is 0.219. The minimum Gasteiger partial charge on any atom is -0.490 e. The fraction of sp³-hybridized carbons (Fsp3) is 0.238. The lowest BCUT2D eigenvalue weighted by atomic mass is 10.2. The first-order valence-electron chi connectivity index (χ1n) is 9.18. The van der Waals surface area contributed by atoms with Gasteiger partial charge in [-0.05, 0) is 36.4 Å². The molecular formula is C21H19N3O6. The third-order valence-electron chi connectivity index (χ3n) is 4.01. The number of ether oxygens (including phenoxy) is 3. The molecule has 1 heterocycles. The Balaban J connectivity index is 1.50. The van der Waals surface area contributed by atoms with E-state index in [9.17, 15) is 14.4 Å². The maximum Gasteiger partial charge on any atom is 0.338 e. The van der Waals surface area contributed by atoms with Crippen LogP contribution in [-0.4, -0.2) is 37.6 Å². The SMILES string of the molecule is N#CCC(=O)Nc1ccc(C(=O)OCC(=O)Nc2ccc3c(c2)OCCCO3)cc1. The normalized spacial score (nSPS) is 12.1. The molecule has 0 saturated heterocycles. The molecular weight excluding hydrogens is 390 g/mol. The van der Waals surface area contributed by atoms with E-state index in [-0.39, 0.29) is 12.0 Å². The van der Waals surface area contributed by atoms with Crippen LogP contribution in [0, 0.1) is 11.3 Å². The fourth-order valence-electron chi connectivity index (χ4n) is 2.62. The fourth-order valence-corrected chi connectivity index (χ4v) is 2.62. The molecule has 9 heteroatoms. The Labute approximate surface area is 172 Å². The van der Waals surface area contributed by atoms with E-state index in [1.54, 1.807) is 24.3 Å². The number of hydrogen-bond acceptors (Lipinski definition) is 7. The number of nitrogens with one attached hydrogen (secondary N) is 2. The zero-order valence-corrected chi connectivity index (χ0v) is 16.0. The van der Waals surface area contributed by atoms with Gasteiger partial charge in [0.15, 0.2) is 18.1 Å². The van der Waals surface area contributed by atoms with Crippen molar-refractivity contribution >= 4 is 29.2 Å². The van der Waals surface area contributed by atoms with Crippen molar-refractivity contribution in [1.29, 1.82) is 5.26 Å². The summed E-state index contributed by atoms with van der Waals surface area (Å²) in [5, 5.41) is 13.6. The zero-order valence-electron chi connectivity index (χ0n) is 16.0. The van der Waals surface area contributed by atoms with Crippen molar-refractivity contribution < 1.29 is 28.6 Å². The van der Waals surface area contributed by atoms with E-state index in [1.807, 2.05) is 0 Å². The van der Waals surface area contributed by atoms with E-state index < -0.39 is 24.4 Å². The second kappa shape index (κ2) is 9.93. The van der Waals surface area contributed by atoms with E-state index in [0.29, 0.717) is 36.1 Å². The van der Waals surface area contributed by atoms with Gasteiger partial charge < -0.3 is 24.8 Å². The number of amides is 2. The van der Waals surface area contributed by atoms with Gasteiger partial charge >= 0.3 is 5.97 Å². The minimum atomic E-state index is -0.682. The molecule has 1 aliphatic heterocycles. The molecule has 2 aromatic carbocycles. The topological polar surface area (TPSA) is 127 Å². The van der Waals surface area contributed by atoms with Gasteiger partial charge in [-0.3, -0.25) is 9.59 Å². The lowest BCUT2D eigenvalue weighted by Crippen LogP contribution is -2.21. The Morgan fingerprint density at radius 1 is 0.933 bits per heavy atom. The monoisotopic (exact) mass is 409 g/mol. The number of hydrogen-bond donors (Lipinski definition) is 2. The molecule has 0 saturated carbocycles. The quantitative estimate of drug-likeness (QED) is 0.702. The molecule has 0 aliphatic carbocycles. The van der Waals surface area contributed by atoms with Crippen LogP contribution in [0.15, 0.2) is 42.5 Å². The van der Waals surface area contributed by atoms with Gasteiger partial charge in [0.25, 0.3) is 5.91 Å². The number of esters is 1. The van der Waals surface area contributed by atoms with E-state index >= 15 is 0 Å². The predicted octanol–water partition coefficient (Wildman–Crippen LogP) is 2.50. The van der Waals surface area contributed by atoms with Crippen molar-refractivity contribution in [3.05, 3.63) is 48.0 Å². The molecule has 2 amide bonds. The van der Waals surface area contributed by atoms with Gasteiger partial charge in [0, 0.05) is 23.9 Å². The smallest absolute Gasteiger partial charge is 0.338 e. The second-order valence-electron chi connectivity index (χ2n) is 6.30. The first-order valence-corrected chi connectivity index (χ1v) is 9.18. The molecule has 1 aliphatic rings. The van der Waals surface area contributed by atoms with Crippen LogP contribution in [0.25, 0.3) is 0 Å². The van der Waals surface area contributed by atoms with Gasteiger partial charge in [0.1, 0.15) is 6.42 Å². The van der Waals surface area contributed by atoms with Crippen LogP contribution in [0.1, 0.15) is 23.2 Å². The number of carbonyl (C=O) groups excluding carboxylic acids is 3. The van der Waals surface area contributed by atoms with Gasteiger partial charge in [-0.15, -0.1) is 0 Å². The third kappa shape index (κ3) is 5.72. The highest BCUT2D eigenvalue weighted by Crippen LogP contribution is 2.32. The van der Waals surface area contributed by atoms with Crippen molar-refractivity contribution in [2.24, 2.45) is 0 Å². The molecule has 0 atom stereocenters. The predicted molar refractivity (Wildman–Crippen MR) is 106 cm³/mol. The number of carbonyl (C=O) groups is 3. The molecule has 9 nitrogen and oxygen atoms in total. The maximum absolute atomic E-state index is 12.1. The molecule has 3 rings (SSSR count). The molecule has 0 radical (unpaired) electrons. The Kier molecular flexibility index (Phi) is 6.84. The average molecular weight is 409 g/mol. The van der Waals surface area contributed by atoms with E-state index in [0.717, 1.165) is 6.42 Å². The molecule has 0 fully saturated rings. The standard InChI is InChI=1S/C21H19N3O6/c22-9-8-19(25)23-15-4-2-14(3-5-15)21(27)30-13-20(26)24-16-6-7-17-18(12-16)29-11-1-10-28-17/h2-7,12H,1,8,10-11,13H2,(H,23,25)(H,24,26). The number of anilines is 2. The molecule has 154 valence electrons. The summed E-state index contributed by atoms with van der Waals surface area (Å²) in [6.07, 6.45) is 0.516. The van der Waals surface area contributed by atoms with Crippen LogP contribution in [0.2, 0.25) is 0 Å². The second-order valence-corrected chi connectivity index (χ2v) is 6.30. The molecule has 30 heavy (non-hydrogen) atoms. The summed E-state index contributed by atoms with van der Waals surface area (Å²) in [7, 11) is 0. The summed E-state index contributed by atoms with van der Waals surface area (Å²) in [5.74, 6) is -0.468. The summed E-state index contributed by atoms with van der Waals surface area (Å²) in [6, 6.07) is 12.7. The Hall–Kier alpha value is -4.06. The highest BCUT2D eigenvalue weighted by molar-refractivity contribution is 5.96. The van der Waals surface area contributed by atoms with Gasteiger partial charge in [-0.25, -0.2) is 4.79 Å². The van der Waals surface area contributed by atoms with Crippen molar-refractivity contribution in [2.45, 2.75) is 12.8 Å². The van der Waals surface area contributed by atoms with Crippen molar-refractivity contribution in [3.8, 4) is 17.6 Å². The summed E-state index contributed by atoms with van der Waals surface area (Å²) >= 11 is 0. The number of nitriles is 1. The van der Waals surface area contributed by atoms with E-state index in [2.05, 4.69) is 10.6 Å². The lowest BCUT2D eigenvalue weighted by Gasteiger charge is -2.11. The molecule has 0 spiro atoms. The summed E-state index contributed by atoms with van der Waals surface area (Å²) in [5.41, 5.74) is 1.16. The van der Waals surface area contributed by atoms with Gasteiger partial charge in [-0.2, -0.15) is 5.26 Å². The molecule has 0 aromatic heterocycles. The lowest BCUT2D eigenvalue weighted by molar-refractivity contribution is -0.119. The van der Waals surface area contributed by atoms with Crippen LogP contribution >= 0.6 is 0 Å². The summed E-state index contributed by atoms with van der Waals surface area (Å²) in [4.78, 5) is 35.6. The summed E-state index contributed by atoms with van der Waals surface area (Å²) < 4.78 is 16.1. The Morgan fingerprint density at radius 3 is 2.33 bits per heavy atom. The van der Waals surface area contributed by atoms with Crippen molar-refractivity contribution in [2.75, 3.05) is 30.5 Å². The van der Waals surface area contributed by atoms with E-state index in [4.69, 9.17) is 19.5 Å². The van der Waals surface area contributed by atoms with Gasteiger partial charge in [0.05, 0.1) is 24.8 Å². The van der Waals surface area contributed by atoms with Crippen LogP contribution in [0.4, 0.5) is 11.4 Å².